The largest absolute Gasteiger partial charge is 0.322 e. The fraction of sp³-hybridized carbons (Fsp3) is 0.429. The van der Waals surface area contributed by atoms with Crippen molar-refractivity contribution in [1.82, 2.24) is 29.3 Å². The zero-order valence-electron chi connectivity index (χ0n) is 13.1. The normalized spacial score (nSPS) is 12.7. The van der Waals surface area contributed by atoms with Gasteiger partial charge in [-0.3, -0.25) is 18.8 Å². The summed E-state index contributed by atoms with van der Waals surface area (Å²) in [5, 5.41) is 15.8. The summed E-state index contributed by atoms with van der Waals surface area (Å²) in [6, 6.07) is -0.420. The second-order valence-corrected chi connectivity index (χ2v) is 5.30. The summed E-state index contributed by atoms with van der Waals surface area (Å²) in [5.74, 6) is -0.130. The highest BCUT2D eigenvalue weighted by molar-refractivity contribution is 5.93. The van der Waals surface area contributed by atoms with Gasteiger partial charge < -0.3 is 5.32 Å². The van der Waals surface area contributed by atoms with Crippen LogP contribution in [0.4, 0.5) is 5.69 Å². The molecule has 8 nitrogen and oxygen atoms in total. The molecule has 0 aromatic carbocycles. The Balaban J connectivity index is 1.80. The Morgan fingerprint density at radius 1 is 1.36 bits per heavy atom. The first kappa shape index (κ1) is 14.3. The molecular weight excluding hydrogens is 282 g/mol. The van der Waals surface area contributed by atoms with Crippen molar-refractivity contribution in [3.05, 3.63) is 24.3 Å². The lowest BCUT2D eigenvalue weighted by atomic mass is 10.3. The molecule has 8 heteroatoms. The van der Waals surface area contributed by atoms with E-state index in [0.717, 1.165) is 23.3 Å². The van der Waals surface area contributed by atoms with Gasteiger partial charge in [-0.15, -0.1) is 0 Å². The number of aryl methyl sites for hydroxylation is 3. The lowest BCUT2D eigenvalue weighted by Crippen LogP contribution is -2.24. The van der Waals surface area contributed by atoms with E-state index in [9.17, 15) is 4.79 Å². The average Bonchev–Trinajstić information content (AvgIpc) is 3.17. The van der Waals surface area contributed by atoms with Crippen LogP contribution in [-0.2, 0) is 18.4 Å². The summed E-state index contributed by atoms with van der Waals surface area (Å²) in [5.41, 5.74) is 3.28. The van der Waals surface area contributed by atoms with E-state index in [1.54, 1.807) is 26.4 Å². The number of carbonyl (C=O) groups is 1. The number of hydrogen-bond donors (Lipinski definition) is 1. The van der Waals surface area contributed by atoms with Crippen molar-refractivity contribution in [2.75, 3.05) is 5.32 Å². The number of aromatic nitrogens is 6. The number of rotatable bonds is 4. The average molecular weight is 301 g/mol. The third-order valence-corrected chi connectivity index (χ3v) is 3.71. The maximum atomic E-state index is 12.3. The Morgan fingerprint density at radius 3 is 2.77 bits per heavy atom. The van der Waals surface area contributed by atoms with Crippen LogP contribution in [-0.4, -0.2) is 35.2 Å². The predicted octanol–water partition coefficient (Wildman–Crippen LogP) is 1.49. The first-order chi connectivity index (χ1) is 10.5. The van der Waals surface area contributed by atoms with Crippen molar-refractivity contribution >= 4 is 22.6 Å². The minimum absolute atomic E-state index is 0.130. The van der Waals surface area contributed by atoms with Crippen LogP contribution in [0.5, 0.6) is 0 Å². The van der Waals surface area contributed by atoms with E-state index in [4.69, 9.17) is 0 Å². The Bertz CT molecular complexity index is 791. The molecule has 3 aromatic rings. The van der Waals surface area contributed by atoms with Gasteiger partial charge in [-0.1, -0.05) is 0 Å². The van der Waals surface area contributed by atoms with Gasteiger partial charge in [-0.05, 0) is 20.8 Å². The highest BCUT2D eigenvalue weighted by Crippen LogP contribution is 2.18. The Kier molecular flexibility index (Phi) is 3.44. The molecule has 1 unspecified atom stereocenters. The van der Waals surface area contributed by atoms with Crippen LogP contribution in [0.2, 0.25) is 0 Å². The number of nitrogens with zero attached hydrogens (tertiary/aromatic N) is 6. The van der Waals surface area contributed by atoms with Gasteiger partial charge in [0.1, 0.15) is 17.1 Å². The Morgan fingerprint density at radius 2 is 2.14 bits per heavy atom. The van der Waals surface area contributed by atoms with Crippen LogP contribution in [0.1, 0.15) is 25.6 Å². The molecule has 0 spiro atoms. The van der Waals surface area contributed by atoms with Crippen LogP contribution in [0.25, 0.3) is 11.0 Å². The van der Waals surface area contributed by atoms with Crippen LogP contribution >= 0.6 is 0 Å². The molecule has 0 aliphatic heterocycles. The zero-order chi connectivity index (χ0) is 15.9. The van der Waals surface area contributed by atoms with Crippen molar-refractivity contribution in [3.63, 3.8) is 0 Å². The van der Waals surface area contributed by atoms with Crippen LogP contribution in [0.3, 0.4) is 0 Å². The van der Waals surface area contributed by atoms with Gasteiger partial charge in [-0.2, -0.15) is 15.3 Å². The molecular formula is C14H19N7O. The second-order valence-electron chi connectivity index (χ2n) is 5.30. The molecule has 0 fully saturated rings. The van der Waals surface area contributed by atoms with E-state index in [0.29, 0.717) is 5.69 Å². The van der Waals surface area contributed by atoms with Gasteiger partial charge >= 0.3 is 0 Å². The summed E-state index contributed by atoms with van der Waals surface area (Å²) in [7, 11) is 1.87. The molecule has 3 rings (SSSR count). The van der Waals surface area contributed by atoms with E-state index in [-0.39, 0.29) is 5.91 Å². The summed E-state index contributed by atoms with van der Waals surface area (Å²) >= 11 is 0. The summed E-state index contributed by atoms with van der Waals surface area (Å²) in [6.07, 6.45) is 5.29. The molecule has 0 radical (unpaired) electrons. The number of amides is 1. The van der Waals surface area contributed by atoms with Gasteiger partial charge in [0.2, 0.25) is 5.91 Å². The van der Waals surface area contributed by atoms with E-state index >= 15 is 0 Å². The van der Waals surface area contributed by atoms with E-state index in [1.165, 1.54) is 0 Å². The predicted molar refractivity (Wildman–Crippen MR) is 82.5 cm³/mol. The number of hydrogen-bond acceptors (Lipinski definition) is 4. The molecule has 0 aliphatic carbocycles. The number of anilines is 1. The standard InChI is InChI=1S/C14H19N7O/c1-5-20-7-11(6-15-20)16-14(22)10(3)21-8-12-13(18-21)9(2)17-19(12)4/h6-8,10H,5H2,1-4H3,(H,16,22). The van der Waals surface area contributed by atoms with Gasteiger partial charge in [0.15, 0.2) is 0 Å². The molecule has 1 atom stereocenters. The topological polar surface area (TPSA) is 82.6 Å². The van der Waals surface area contributed by atoms with E-state index in [2.05, 4.69) is 20.6 Å². The molecule has 1 amide bonds. The Labute approximate surface area is 127 Å². The lowest BCUT2D eigenvalue weighted by molar-refractivity contribution is -0.119. The number of nitrogens with one attached hydrogen (secondary N) is 1. The van der Waals surface area contributed by atoms with Crippen molar-refractivity contribution in [2.45, 2.75) is 33.4 Å². The Hall–Kier alpha value is -2.64. The van der Waals surface area contributed by atoms with Crippen LogP contribution < -0.4 is 5.32 Å². The highest BCUT2D eigenvalue weighted by Gasteiger charge is 2.19. The summed E-state index contributed by atoms with van der Waals surface area (Å²) in [6.45, 7) is 6.48. The zero-order valence-corrected chi connectivity index (χ0v) is 13.1. The van der Waals surface area contributed by atoms with E-state index in [1.807, 2.05) is 34.0 Å². The first-order valence-electron chi connectivity index (χ1n) is 7.21. The van der Waals surface area contributed by atoms with Crippen molar-refractivity contribution < 1.29 is 4.79 Å². The first-order valence-corrected chi connectivity index (χ1v) is 7.21. The van der Waals surface area contributed by atoms with Crippen LogP contribution in [0.15, 0.2) is 18.6 Å². The molecule has 3 heterocycles. The maximum absolute atomic E-state index is 12.3. The monoisotopic (exact) mass is 301 g/mol. The quantitative estimate of drug-likeness (QED) is 0.791. The van der Waals surface area contributed by atoms with Gasteiger partial charge in [0, 0.05) is 19.8 Å². The summed E-state index contributed by atoms with van der Waals surface area (Å²) < 4.78 is 5.19. The van der Waals surface area contributed by atoms with Crippen molar-refractivity contribution in [3.8, 4) is 0 Å². The molecule has 22 heavy (non-hydrogen) atoms. The van der Waals surface area contributed by atoms with E-state index < -0.39 is 6.04 Å². The van der Waals surface area contributed by atoms with Crippen molar-refractivity contribution in [2.24, 2.45) is 7.05 Å². The smallest absolute Gasteiger partial charge is 0.249 e. The molecule has 3 aromatic heterocycles. The molecule has 0 saturated heterocycles. The lowest BCUT2D eigenvalue weighted by Gasteiger charge is -2.11. The minimum atomic E-state index is -0.420. The minimum Gasteiger partial charge on any atom is -0.322 e. The molecule has 0 bridgehead atoms. The molecule has 116 valence electrons. The third-order valence-electron chi connectivity index (χ3n) is 3.71. The second kappa shape index (κ2) is 5.28. The van der Waals surface area contributed by atoms with Gasteiger partial charge in [-0.25, -0.2) is 0 Å². The molecule has 0 aliphatic rings. The fourth-order valence-corrected chi connectivity index (χ4v) is 2.37. The summed E-state index contributed by atoms with van der Waals surface area (Å²) in [4.78, 5) is 12.3. The van der Waals surface area contributed by atoms with Gasteiger partial charge in [0.05, 0.1) is 23.8 Å². The van der Waals surface area contributed by atoms with Crippen LogP contribution in [0, 0.1) is 6.92 Å². The van der Waals surface area contributed by atoms with Gasteiger partial charge in [0.25, 0.3) is 0 Å². The molecule has 0 saturated carbocycles. The van der Waals surface area contributed by atoms with Crippen molar-refractivity contribution in [1.29, 1.82) is 0 Å². The third kappa shape index (κ3) is 2.36. The maximum Gasteiger partial charge on any atom is 0.249 e. The molecule has 1 N–H and O–H groups in total. The SMILES string of the molecule is CCn1cc(NC(=O)C(C)n2cc3c(n2)c(C)nn3C)cn1. The fourth-order valence-electron chi connectivity index (χ4n) is 2.37. The highest BCUT2D eigenvalue weighted by atomic mass is 16.2. The number of fused-ring (bicyclic) bond motifs is 1. The number of carbonyl (C=O) groups excluding carboxylic acids is 1.